The van der Waals surface area contributed by atoms with Gasteiger partial charge < -0.3 is 14.4 Å². The van der Waals surface area contributed by atoms with E-state index in [9.17, 15) is 5.11 Å². The van der Waals surface area contributed by atoms with Crippen LogP contribution >= 0.6 is 0 Å². The number of aliphatic hydroxyl groups excluding tert-OH is 1. The summed E-state index contributed by atoms with van der Waals surface area (Å²) in [6, 6.07) is 22.2. The van der Waals surface area contributed by atoms with Gasteiger partial charge in [-0.05, 0) is 35.0 Å². The highest BCUT2D eigenvalue weighted by molar-refractivity contribution is 5.83. The van der Waals surface area contributed by atoms with Crippen molar-refractivity contribution < 1.29 is 9.84 Å². The summed E-state index contributed by atoms with van der Waals surface area (Å²) in [5.74, 6) is 1.75. The summed E-state index contributed by atoms with van der Waals surface area (Å²) in [5, 5.41) is 12.8. The molecule has 4 rings (SSSR count). The van der Waals surface area contributed by atoms with Crippen LogP contribution < -0.4 is 4.74 Å². The number of nitrogens with zero attached hydrogens (tertiary/aromatic N) is 2. The van der Waals surface area contributed by atoms with Gasteiger partial charge in [-0.1, -0.05) is 49.4 Å². The zero-order valence-corrected chi connectivity index (χ0v) is 14.8. The summed E-state index contributed by atoms with van der Waals surface area (Å²) in [5.41, 5.74) is 2.01. The molecular formula is C22H22N2O2. The molecule has 0 fully saturated rings. The fourth-order valence-electron chi connectivity index (χ4n) is 3.31. The molecule has 0 spiro atoms. The summed E-state index contributed by atoms with van der Waals surface area (Å²) >= 11 is 0. The topological polar surface area (TPSA) is 47.3 Å². The number of aliphatic hydroxyl groups is 1. The number of rotatable bonds is 6. The number of imidazole rings is 1. The maximum Gasteiger partial charge on any atom is 0.120 e. The van der Waals surface area contributed by atoms with Crippen LogP contribution in [0.4, 0.5) is 0 Å². The lowest BCUT2D eigenvalue weighted by atomic mass is 10.1. The molecule has 0 aliphatic carbocycles. The average Bonchev–Trinajstić information content (AvgIpc) is 3.04. The zero-order chi connectivity index (χ0) is 17.9. The third-order valence-electron chi connectivity index (χ3n) is 4.61. The average molecular weight is 346 g/mol. The summed E-state index contributed by atoms with van der Waals surface area (Å²) in [4.78, 5) is 4.65. The molecule has 4 nitrogen and oxygen atoms in total. The minimum Gasteiger partial charge on any atom is -0.491 e. The molecule has 1 heterocycles. The first-order valence-corrected chi connectivity index (χ1v) is 8.98. The van der Waals surface area contributed by atoms with Gasteiger partial charge in [-0.15, -0.1) is 0 Å². The van der Waals surface area contributed by atoms with E-state index in [1.54, 1.807) is 0 Å². The number of benzene rings is 3. The molecule has 0 radical (unpaired) electrons. The molecule has 1 aromatic heterocycles. The fourth-order valence-corrected chi connectivity index (χ4v) is 3.31. The van der Waals surface area contributed by atoms with Crippen molar-refractivity contribution in [3.8, 4) is 5.75 Å². The standard InChI is InChI=1S/C22H22N2O2/c1-2-22-23-20-9-5-6-10-21(20)24(22)14-18(25)15-26-19-12-11-16-7-3-4-8-17(16)13-19/h3-13,18,25H,2,14-15H2,1H3/t18-/m1/s1. The van der Waals surface area contributed by atoms with Gasteiger partial charge in [-0.2, -0.15) is 0 Å². The van der Waals surface area contributed by atoms with E-state index in [2.05, 4.69) is 28.6 Å². The fraction of sp³-hybridized carbons (Fsp3) is 0.227. The molecule has 0 aliphatic heterocycles. The smallest absolute Gasteiger partial charge is 0.120 e. The number of fused-ring (bicyclic) bond motifs is 2. The van der Waals surface area contributed by atoms with Gasteiger partial charge in [0.2, 0.25) is 0 Å². The second-order valence-corrected chi connectivity index (χ2v) is 6.45. The lowest BCUT2D eigenvalue weighted by Gasteiger charge is -2.15. The zero-order valence-electron chi connectivity index (χ0n) is 14.8. The van der Waals surface area contributed by atoms with Gasteiger partial charge in [0, 0.05) is 6.42 Å². The van der Waals surface area contributed by atoms with Crippen molar-refractivity contribution in [2.45, 2.75) is 26.0 Å². The SMILES string of the molecule is CCc1nc2ccccc2n1C[C@@H](O)COc1ccc2ccccc2c1. The highest BCUT2D eigenvalue weighted by Crippen LogP contribution is 2.21. The second-order valence-electron chi connectivity index (χ2n) is 6.45. The molecule has 0 aliphatic rings. The highest BCUT2D eigenvalue weighted by Gasteiger charge is 2.13. The Hall–Kier alpha value is -2.85. The van der Waals surface area contributed by atoms with E-state index >= 15 is 0 Å². The molecule has 4 heteroatoms. The van der Waals surface area contributed by atoms with Crippen LogP contribution in [0.5, 0.6) is 5.75 Å². The monoisotopic (exact) mass is 346 g/mol. The maximum absolute atomic E-state index is 10.5. The van der Waals surface area contributed by atoms with Crippen molar-refractivity contribution in [1.82, 2.24) is 9.55 Å². The van der Waals surface area contributed by atoms with Gasteiger partial charge in [0.15, 0.2) is 0 Å². The van der Waals surface area contributed by atoms with E-state index in [4.69, 9.17) is 4.74 Å². The second kappa shape index (κ2) is 7.18. The van der Waals surface area contributed by atoms with Crippen LogP contribution in [0.15, 0.2) is 66.7 Å². The van der Waals surface area contributed by atoms with Gasteiger partial charge in [-0.25, -0.2) is 4.98 Å². The molecule has 3 aromatic carbocycles. The highest BCUT2D eigenvalue weighted by atomic mass is 16.5. The Morgan fingerprint density at radius 2 is 1.77 bits per heavy atom. The molecular weight excluding hydrogens is 324 g/mol. The number of ether oxygens (including phenoxy) is 1. The van der Waals surface area contributed by atoms with Crippen LogP contribution in [0.2, 0.25) is 0 Å². The molecule has 132 valence electrons. The van der Waals surface area contributed by atoms with Gasteiger partial charge in [-0.3, -0.25) is 0 Å². The van der Waals surface area contributed by atoms with Crippen molar-refractivity contribution in [3.63, 3.8) is 0 Å². The van der Waals surface area contributed by atoms with E-state index in [0.29, 0.717) is 6.54 Å². The Bertz CT molecular complexity index is 1040. The van der Waals surface area contributed by atoms with E-state index in [1.807, 2.05) is 54.6 Å². The lowest BCUT2D eigenvalue weighted by molar-refractivity contribution is 0.0928. The first kappa shape index (κ1) is 16.6. The van der Waals surface area contributed by atoms with Crippen LogP contribution in [0, 0.1) is 0 Å². The van der Waals surface area contributed by atoms with Crippen LogP contribution in [0.3, 0.4) is 0 Å². The Kier molecular flexibility index (Phi) is 4.59. The first-order valence-electron chi connectivity index (χ1n) is 8.98. The molecule has 0 amide bonds. The Labute approximate surface area is 152 Å². The van der Waals surface area contributed by atoms with E-state index in [1.165, 1.54) is 5.39 Å². The van der Waals surface area contributed by atoms with Crippen molar-refractivity contribution in [3.05, 3.63) is 72.6 Å². The minimum absolute atomic E-state index is 0.244. The summed E-state index contributed by atoms with van der Waals surface area (Å²) < 4.78 is 7.91. The van der Waals surface area contributed by atoms with Crippen molar-refractivity contribution in [1.29, 1.82) is 0 Å². The van der Waals surface area contributed by atoms with Crippen LogP contribution in [-0.4, -0.2) is 27.4 Å². The summed E-state index contributed by atoms with van der Waals surface area (Å²) in [6.45, 7) is 2.79. The number of aryl methyl sites for hydroxylation is 1. The van der Waals surface area contributed by atoms with E-state index in [0.717, 1.165) is 34.4 Å². The Morgan fingerprint density at radius 3 is 2.62 bits per heavy atom. The van der Waals surface area contributed by atoms with Gasteiger partial charge in [0.05, 0.1) is 17.6 Å². The molecule has 0 saturated heterocycles. The van der Waals surface area contributed by atoms with Gasteiger partial charge >= 0.3 is 0 Å². The maximum atomic E-state index is 10.5. The third-order valence-corrected chi connectivity index (χ3v) is 4.61. The molecule has 0 unspecified atom stereocenters. The predicted octanol–water partition coefficient (Wildman–Crippen LogP) is 4.19. The molecule has 0 bridgehead atoms. The minimum atomic E-state index is -0.607. The van der Waals surface area contributed by atoms with E-state index in [-0.39, 0.29) is 6.61 Å². The first-order chi connectivity index (χ1) is 12.7. The lowest BCUT2D eigenvalue weighted by Crippen LogP contribution is -2.24. The van der Waals surface area contributed by atoms with Crippen molar-refractivity contribution in [2.24, 2.45) is 0 Å². The predicted molar refractivity (Wildman–Crippen MR) is 105 cm³/mol. The molecule has 1 atom stereocenters. The largest absolute Gasteiger partial charge is 0.491 e. The molecule has 1 N–H and O–H groups in total. The molecule has 0 saturated carbocycles. The van der Waals surface area contributed by atoms with E-state index < -0.39 is 6.10 Å². The Morgan fingerprint density at radius 1 is 1.00 bits per heavy atom. The summed E-state index contributed by atoms with van der Waals surface area (Å²) in [6.07, 6.45) is 0.219. The number of hydrogen-bond donors (Lipinski definition) is 1. The van der Waals surface area contributed by atoms with Gasteiger partial charge in [0.25, 0.3) is 0 Å². The van der Waals surface area contributed by atoms with Gasteiger partial charge in [0.1, 0.15) is 24.3 Å². The molecule has 4 aromatic rings. The van der Waals surface area contributed by atoms with Crippen LogP contribution in [0.1, 0.15) is 12.7 Å². The summed E-state index contributed by atoms with van der Waals surface area (Å²) in [7, 11) is 0. The third kappa shape index (κ3) is 3.28. The quantitative estimate of drug-likeness (QED) is 0.569. The van der Waals surface area contributed by atoms with Crippen LogP contribution in [-0.2, 0) is 13.0 Å². The number of aromatic nitrogens is 2. The number of para-hydroxylation sites is 2. The number of hydrogen-bond acceptors (Lipinski definition) is 3. The normalized spacial score (nSPS) is 12.5. The molecule has 26 heavy (non-hydrogen) atoms. The van der Waals surface area contributed by atoms with Crippen LogP contribution in [0.25, 0.3) is 21.8 Å². The Balaban J connectivity index is 1.47. The van der Waals surface area contributed by atoms with Crippen molar-refractivity contribution >= 4 is 21.8 Å². The van der Waals surface area contributed by atoms with Crippen molar-refractivity contribution in [2.75, 3.05) is 6.61 Å².